The number of hydrogen-bond donors (Lipinski definition) is 0. The number of esters is 1. The van der Waals surface area contributed by atoms with Crippen molar-refractivity contribution in [2.24, 2.45) is 11.8 Å². The molecule has 1 saturated heterocycles. The molecule has 142 valence electrons. The molecule has 0 saturated carbocycles. The fourth-order valence-electron chi connectivity index (χ4n) is 5.29. The average molecular weight is 375 g/mol. The molecule has 5 nitrogen and oxygen atoms in total. The molecule has 1 fully saturated rings. The number of rotatable bonds is 4. The number of amides is 2. The van der Waals surface area contributed by atoms with Gasteiger partial charge in [0.25, 0.3) is 0 Å². The van der Waals surface area contributed by atoms with Crippen LogP contribution >= 0.6 is 0 Å². The van der Waals surface area contributed by atoms with Crippen molar-refractivity contribution in [2.75, 3.05) is 13.2 Å². The highest BCUT2D eigenvalue weighted by atomic mass is 16.5. The molecule has 1 heterocycles. The van der Waals surface area contributed by atoms with Crippen LogP contribution < -0.4 is 0 Å². The molecule has 4 aliphatic rings. The zero-order valence-corrected chi connectivity index (χ0v) is 15.6. The molecule has 3 aliphatic carbocycles. The minimum absolute atomic E-state index is 0.143. The Labute approximate surface area is 163 Å². The van der Waals surface area contributed by atoms with Gasteiger partial charge in [-0.3, -0.25) is 19.3 Å². The number of ether oxygens (including phenoxy) is 1. The monoisotopic (exact) mass is 375 g/mol. The van der Waals surface area contributed by atoms with E-state index < -0.39 is 17.8 Å². The normalized spacial score (nSPS) is 26.7. The van der Waals surface area contributed by atoms with Gasteiger partial charge in [0.2, 0.25) is 11.8 Å². The van der Waals surface area contributed by atoms with Crippen LogP contribution in [0.25, 0.3) is 0 Å². The highest BCUT2D eigenvalue weighted by molar-refractivity contribution is 6.09. The molecular weight excluding hydrogens is 354 g/mol. The lowest BCUT2D eigenvalue weighted by molar-refractivity contribution is -0.153. The molecule has 0 unspecified atom stereocenters. The van der Waals surface area contributed by atoms with Crippen LogP contribution in [0.4, 0.5) is 0 Å². The Bertz CT molecular complexity index is 882. The Morgan fingerprint density at radius 2 is 1.29 bits per heavy atom. The molecule has 5 heteroatoms. The van der Waals surface area contributed by atoms with Gasteiger partial charge in [-0.05, 0) is 28.7 Å². The Hall–Kier alpha value is -2.95. The van der Waals surface area contributed by atoms with Crippen molar-refractivity contribution in [1.82, 2.24) is 4.90 Å². The summed E-state index contributed by atoms with van der Waals surface area (Å²) in [6, 6.07) is 16.2. The van der Waals surface area contributed by atoms with E-state index >= 15 is 0 Å². The van der Waals surface area contributed by atoms with Gasteiger partial charge in [-0.2, -0.15) is 0 Å². The van der Waals surface area contributed by atoms with Crippen molar-refractivity contribution in [2.45, 2.75) is 25.2 Å². The number of hydrogen-bond acceptors (Lipinski definition) is 4. The van der Waals surface area contributed by atoms with E-state index in [1.165, 1.54) is 0 Å². The Morgan fingerprint density at radius 1 is 0.857 bits per heavy atom. The summed E-state index contributed by atoms with van der Waals surface area (Å²) in [6.45, 7) is 1.90. The Morgan fingerprint density at radius 3 is 1.68 bits per heavy atom. The van der Waals surface area contributed by atoms with Crippen LogP contribution in [0.15, 0.2) is 48.5 Å². The van der Waals surface area contributed by atoms with Gasteiger partial charge in [-0.1, -0.05) is 55.5 Å². The largest absolute Gasteiger partial charge is 0.464 e. The fraction of sp³-hybridized carbons (Fsp3) is 0.348. The molecule has 28 heavy (non-hydrogen) atoms. The summed E-state index contributed by atoms with van der Waals surface area (Å²) in [5.41, 5.74) is 4.51. The number of likely N-dealkylation sites (tertiary alicyclic amines) is 1. The van der Waals surface area contributed by atoms with Crippen LogP contribution in [0.5, 0.6) is 0 Å². The third kappa shape index (κ3) is 2.22. The quantitative estimate of drug-likeness (QED) is 0.609. The molecule has 0 aromatic heterocycles. The van der Waals surface area contributed by atoms with Gasteiger partial charge in [0.1, 0.15) is 6.54 Å². The van der Waals surface area contributed by atoms with Crippen LogP contribution in [0.2, 0.25) is 0 Å². The molecule has 2 atom stereocenters. The summed E-state index contributed by atoms with van der Waals surface area (Å²) in [5, 5.41) is 0. The molecule has 2 bridgehead atoms. The first-order valence-corrected chi connectivity index (χ1v) is 9.82. The summed E-state index contributed by atoms with van der Waals surface area (Å²) in [5.74, 6) is -2.19. The van der Waals surface area contributed by atoms with Crippen molar-refractivity contribution in [3.05, 3.63) is 70.8 Å². The van der Waals surface area contributed by atoms with E-state index in [1.54, 1.807) is 0 Å². The maximum absolute atomic E-state index is 13.3. The van der Waals surface area contributed by atoms with Gasteiger partial charge in [-0.25, -0.2) is 0 Å². The van der Waals surface area contributed by atoms with Crippen molar-refractivity contribution >= 4 is 17.8 Å². The van der Waals surface area contributed by atoms with E-state index in [1.807, 2.05) is 31.2 Å². The number of nitrogens with zero attached hydrogens (tertiary/aromatic N) is 1. The molecule has 2 amide bonds. The zero-order valence-electron chi connectivity index (χ0n) is 15.6. The maximum Gasteiger partial charge on any atom is 0.326 e. The molecule has 0 spiro atoms. The molecule has 0 N–H and O–H groups in total. The Balaban J connectivity index is 1.58. The first-order valence-electron chi connectivity index (χ1n) is 9.82. The second-order valence-electron chi connectivity index (χ2n) is 7.75. The van der Waals surface area contributed by atoms with E-state index in [9.17, 15) is 14.4 Å². The lowest BCUT2D eigenvalue weighted by atomic mass is 9.55. The van der Waals surface area contributed by atoms with E-state index in [4.69, 9.17) is 4.74 Å². The van der Waals surface area contributed by atoms with Gasteiger partial charge in [0.15, 0.2) is 0 Å². The van der Waals surface area contributed by atoms with Crippen LogP contribution in [0, 0.1) is 11.8 Å². The third-order valence-corrected chi connectivity index (χ3v) is 6.29. The minimum Gasteiger partial charge on any atom is -0.464 e. The van der Waals surface area contributed by atoms with E-state index in [0.29, 0.717) is 13.0 Å². The fourth-order valence-corrected chi connectivity index (χ4v) is 5.29. The second kappa shape index (κ2) is 6.30. The zero-order chi connectivity index (χ0) is 19.4. The van der Waals surface area contributed by atoms with Crippen molar-refractivity contribution in [3.63, 3.8) is 0 Å². The number of carbonyl (C=O) groups excluding carboxylic acids is 3. The molecular formula is C23H21NO4. The summed E-state index contributed by atoms with van der Waals surface area (Å²) >= 11 is 0. The molecule has 1 aliphatic heterocycles. The van der Waals surface area contributed by atoms with Crippen molar-refractivity contribution in [1.29, 1.82) is 0 Å². The molecule has 2 aromatic rings. The topological polar surface area (TPSA) is 63.7 Å². The van der Waals surface area contributed by atoms with Gasteiger partial charge in [0.05, 0.1) is 18.4 Å². The first-order chi connectivity index (χ1) is 13.6. The van der Waals surface area contributed by atoms with E-state index in [0.717, 1.165) is 27.2 Å². The summed E-state index contributed by atoms with van der Waals surface area (Å²) in [7, 11) is 0. The van der Waals surface area contributed by atoms with Crippen LogP contribution in [0.1, 0.15) is 47.4 Å². The third-order valence-electron chi connectivity index (χ3n) is 6.29. The SMILES string of the molecule is CCCOC(=O)CN1C(=O)[C@H]2C3c4ccccc4C(c4ccccc43)[C@@H]2C1=O. The smallest absolute Gasteiger partial charge is 0.326 e. The van der Waals surface area contributed by atoms with E-state index in [-0.39, 0.29) is 30.2 Å². The van der Waals surface area contributed by atoms with Gasteiger partial charge >= 0.3 is 5.97 Å². The number of imide groups is 1. The standard InChI is InChI=1S/C23H21NO4/c1-2-11-28-17(25)12-24-22(26)20-18-13-7-3-4-8-14(13)19(21(20)23(24)27)16-10-6-5-9-15(16)18/h3-10,18-21H,2,11-12H2,1H3/t18?,19?,20-,21-/m0/s1. The van der Waals surface area contributed by atoms with Gasteiger partial charge in [0, 0.05) is 11.8 Å². The lowest BCUT2D eigenvalue weighted by Gasteiger charge is -2.45. The lowest BCUT2D eigenvalue weighted by Crippen LogP contribution is -2.41. The maximum atomic E-state index is 13.3. The summed E-state index contributed by atoms with van der Waals surface area (Å²) in [4.78, 5) is 39.8. The summed E-state index contributed by atoms with van der Waals surface area (Å²) < 4.78 is 5.11. The van der Waals surface area contributed by atoms with Gasteiger partial charge in [-0.15, -0.1) is 0 Å². The van der Waals surface area contributed by atoms with Crippen molar-refractivity contribution < 1.29 is 19.1 Å². The second-order valence-corrected chi connectivity index (χ2v) is 7.75. The van der Waals surface area contributed by atoms with Crippen LogP contribution in [0.3, 0.4) is 0 Å². The molecule has 6 rings (SSSR count). The number of carbonyl (C=O) groups is 3. The van der Waals surface area contributed by atoms with Crippen molar-refractivity contribution in [3.8, 4) is 0 Å². The van der Waals surface area contributed by atoms with Crippen LogP contribution in [-0.2, 0) is 19.1 Å². The highest BCUT2D eigenvalue weighted by Crippen LogP contribution is 2.60. The predicted octanol–water partition coefficient (Wildman–Crippen LogP) is 2.83. The first kappa shape index (κ1) is 17.2. The van der Waals surface area contributed by atoms with Crippen LogP contribution in [-0.4, -0.2) is 35.8 Å². The van der Waals surface area contributed by atoms with E-state index in [2.05, 4.69) is 24.3 Å². The minimum atomic E-state index is -0.524. The molecule has 2 aromatic carbocycles. The van der Waals surface area contributed by atoms with Gasteiger partial charge < -0.3 is 4.74 Å². The molecule has 0 radical (unpaired) electrons. The summed E-state index contributed by atoms with van der Waals surface area (Å²) in [6.07, 6.45) is 0.702. The average Bonchev–Trinajstić information content (AvgIpc) is 2.97. The predicted molar refractivity (Wildman–Crippen MR) is 102 cm³/mol. The Kier molecular flexibility index (Phi) is 3.86. The number of benzene rings is 2. The highest BCUT2D eigenvalue weighted by Gasteiger charge is 2.61.